The van der Waals surface area contributed by atoms with Crippen molar-refractivity contribution in [2.24, 2.45) is 7.05 Å². The topological polar surface area (TPSA) is 76.4 Å². The van der Waals surface area contributed by atoms with Crippen LogP contribution < -0.4 is 10.1 Å². The van der Waals surface area contributed by atoms with Gasteiger partial charge in [0.2, 0.25) is 0 Å². The molecule has 0 unspecified atom stereocenters. The number of pyridine rings is 1. The predicted octanol–water partition coefficient (Wildman–Crippen LogP) is 6.46. The number of aryl methyl sites for hydroxylation is 1. The van der Waals surface area contributed by atoms with Gasteiger partial charge in [-0.25, -0.2) is 9.78 Å². The maximum absolute atomic E-state index is 12.5. The monoisotopic (exact) mass is 467 g/mol. The number of rotatable bonds is 6. The van der Waals surface area contributed by atoms with E-state index >= 15 is 0 Å². The van der Waals surface area contributed by atoms with Crippen LogP contribution >= 0.6 is 0 Å². The zero-order valence-corrected chi connectivity index (χ0v) is 18.1. The van der Waals surface area contributed by atoms with Gasteiger partial charge >= 0.3 is 12.3 Å². The van der Waals surface area contributed by atoms with E-state index in [-0.39, 0.29) is 17.1 Å². The van der Waals surface area contributed by atoms with Crippen molar-refractivity contribution in [1.82, 2.24) is 9.55 Å². The molecular weight excluding hydrogens is 447 g/mol. The van der Waals surface area contributed by atoms with E-state index < -0.39 is 12.3 Å². The molecule has 9 heteroatoms. The van der Waals surface area contributed by atoms with Crippen LogP contribution in [0.15, 0.2) is 60.9 Å². The van der Waals surface area contributed by atoms with Gasteiger partial charge in [0.05, 0.1) is 5.52 Å². The molecule has 2 aromatic carbocycles. The first-order valence-electron chi connectivity index (χ1n) is 10.6. The van der Waals surface area contributed by atoms with E-state index in [1.165, 1.54) is 12.1 Å². The zero-order valence-electron chi connectivity index (χ0n) is 18.1. The van der Waals surface area contributed by atoms with Crippen molar-refractivity contribution >= 4 is 28.4 Å². The molecule has 1 aliphatic carbocycles. The van der Waals surface area contributed by atoms with Crippen molar-refractivity contribution in [3.8, 4) is 16.9 Å². The average Bonchev–Trinajstić information content (AvgIpc) is 3.56. The van der Waals surface area contributed by atoms with Gasteiger partial charge in [-0.05, 0) is 66.3 Å². The molecule has 5 rings (SSSR count). The first-order valence-corrected chi connectivity index (χ1v) is 10.6. The lowest BCUT2D eigenvalue weighted by Gasteiger charge is -2.14. The third kappa shape index (κ3) is 4.41. The van der Waals surface area contributed by atoms with Crippen LogP contribution in [-0.4, -0.2) is 27.0 Å². The number of aromatic nitrogens is 2. The summed E-state index contributed by atoms with van der Waals surface area (Å²) in [5.41, 5.74) is 3.94. The Hall–Kier alpha value is -4.01. The fraction of sp³-hybridized carbons (Fsp3) is 0.200. The lowest BCUT2D eigenvalue weighted by Crippen LogP contribution is -2.16. The number of benzene rings is 2. The molecule has 1 saturated carbocycles. The molecule has 6 nitrogen and oxygen atoms in total. The van der Waals surface area contributed by atoms with Crippen LogP contribution in [0.4, 0.5) is 24.7 Å². The average molecular weight is 467 g/mol. The molecule has 0 atom stereocenters. The number of anilines is 2. The summed E-state index contributed by atoms with van der Waals surface area (Å²) in [7, 11) is 1.88. The third-order valence-corrected chi connectivity index (χ3v) is 5.82. The van der Waals surface area contributed by atoms with Crippen LogP contribution in [0.25, 0.3) is 22.0 Å². The van der Waals surface area contributed by atoms with E-state index in [2.05, 4.69) is 15.0 Å². The number of carbonyl (C=O) groups is 1. The summed E-state index contributed by atoms with van der Waals surface area (Å²) in [4.78, 5) is 16.2. The number of fused-ring (bicyclic) bond motifs is 1. The summed E-state index contributed by atoms with van der Waals surface area (Å²) < 4.78 is 43.5. The molecule has 0 spiro atoms. The van der Waals surface area contributed by atoms with Gasteiger partial charge in [0.1, 0.15) is 17.1 Å². The minimum atomic E-state index is -4.76. The Morgan fingerprint density at radius 3 is 2.53 bits per heavy atom. The van der Waals surface area contributed by atoms with Crippen molar-refractivity contribution in [2.45, 2.75) is 25.1 Å². The number of halogens is 3. The van der Waals surface area contributed by atoms with Gasteiger partial charge in [-0.2, -0.15) is 0 Å². The first kappa shape index (κ1) is 21.8. The van der Waals surface area contributed by atoms with Gasteiger partial charge < -0.3 is 19.7 Å². The van der Waals surface area contributed by atoms with E-state index in [4.69, 9.17) is 0 Å². The summed E-state index contributed by atoms with van der Waals surface area (Å²) >= 11 is 0. The highest BCUT2D eigenvalue weighted by Gasteiger charge is 2.31. The molecule has 2 heterocycles. The fourth-order valence-corrected chi connectivity index (χ4v) is 4.09. The Labute approximate surface area is 192 Å². The van der Waals surface area contributed by atoms with Gasteiger partial charge in [0.15, 0.2) is 0 Å². The molecule has 2 aromatic heterocycles. The minimum Gasteiger partial charge on any atom is -0.478 e. The quantitative estimate of drug-likeness (QED) is 0.340. The molecule has 4 aromatic rings. The highest BCUT2D eigenvalue weighted by atomic mass is 19.4. The normalized spacial score (nSPS) is 13.8. The Morgan fingerprint density at radius 2 is 1.88 bits per heavy atom. The second-order valence-corrected chi connectivity index (χ2v) is 8.33. The number of ether oxygens (including phenoxy) is 1. The Bertz CT molecular complexity index is 1390. The highest BCUT2D eigenvalue weighted by Crippen LogP contribution is 2.41. The molecule has 1 aliphatic rings. The fourth-order valence-electron chi connectivity index (χ4n) is 4.09. The second kappa shape index (κ2) is 8.09. The summed E-state index contributed by atoms with van der Waals surface area (Å²) in [5.74, 6) is -0.776. The molecule has 0 saturated heterocycles. The van der Waals surface area contributed by atoms with Crippen LogP contribution in [0.5, 0.6) is 5.75 Å². The van der Waals surface area contributed by atoms with E-state index in [0.29, 0.717) is 17.2 Å². The van der Waals surface area contributed by atoms with Crippen molar-refractivity contribution in [1.29, 1.82) is 0 Å². The summed E-state index contributed by atoms with van der Waals surface area (Å²) in [5, 5.41) is 13.7. The number of alkyl halides is 3. The molecule has 34 heavy (non-hydrogen) atoms. The van der Waals surface area contributed by atoms with Crippen molar-refractivity contribution in [3.05, 3.63) is 72.1 Å². The van der Waals surface area contributed by atoms with Gasteiger partial charge in [0, 0.05) is 36.1 Å². The zero-order chi connectivity index (χ0) is 24.0. The Morgan fingerprint density at radius 1 is 1.15 bits per heavy atom. The smallest absolute Gasteiger partial charge is 0.478 e. The van der Waals surface area contributed by atoms with Crippen molar-refractivity contribution in [3.63, 3.8) is 0 Å². The van der Waals surface area contributed by atoms with Crippen LogP contribution in [0.3, 0.4) is 0 Å². The Kier molecular flexibility index (Phi) is 5.19. The van der Waals surface area contributed by atoms with Crippen molar-refractivity contribution in [2.75, 3.05) is 5.32 Å². The number of hydrogen-bond donors (Lipinski definition) is 2. The molecular formula is C25H20F3N3O3. The SMILES string of the molecule is Cn1ccc2cc(Nc3ncc(C4CC4)cc3C(=O)O)cc(-c3ccc(OC(F)(F)F)cc3)c21. The van der Waals surface area contributed by atoms with Gasteiger partial charge in [-0.15, -0.1) is 13.2 Å². The lowest BCUT2D eigenvalue weighted by atomic mass is 10.0. The standard InChI is InChI=1S/C25H20F3N3O3/c1-31-9-8-16-10-18(30-23-21(24(32)33)11-17(13-29-23)14-2-3-14)12-20(22(16)31)15-4-6-19(7-5-15)34-25(26,27)28/h4-14H,2-3H2,1H3,(H,29,30)(H,32,33). The number of nitrogens with zero attached hydrogens (tertiary/aromatic N) is 2. The van der Waals surface area contributed by atoms with E-state index in [9.17, 15) is 23.1 Å². The summed E-state index contributed by atoms with van der Waals surface area (Å²) in [6, 6.07) is 12.9. The van der Waals surface area contributed by atoms with E-state index in [1.54, 1.807) is 24.4 Å². The maximum atomic E-state index is 12.5. The van der Waals surface area contributed by atoms with E-state index in [1.807, 2.05) is 36.0 Å². The molecule has 2 N–H and O–H groups in total. The largest absolute Gasteiger partial charge is 0.573 e. The summed E-state index contributed by atoms with van der Waals surface area (Å²) in [6.07, 6.45) is 0.890. The number of carboxylic acid groups (broad SMARTS) is 1. The maximum Gasteiger partial charge on any atom is 0.573 e. The number of hydrogen-bond acceptors (Lipinski definition) is 4. The van der Waals surface area contributed by atoms with Crippen molar-refractivity contribution < 1.29 is 27.8 Å². The first-order chi connectivity index (χ1) is 16.2. The molecule has 1 fully saturated rings. The minimum absolute atomic E-state index is 0.0905. The third-order valence-electron chi connectivity index (χ3n) is 5.82. The Balaban J connectivity index is 1.54. The second-order valence-electron chi connectivity index (χ2n) is 8.33. The molecule has 0 bridgehead atoms. The van der Waals surface area contributed by atoms with Gasteiger partial charge in [-0.3, -0.25) is 0 Å². The van der Waals surface area contributed by atoms with Gasteiger partial charge in [-0.1, -0.05) is 12.1 Å². The summed E-state index contributed by atoms with van der Waals surface area (Å²) in [6.45, 7) is 0. The van der Waals surface area contributed by atoms with E-state index in [0.717, 1.165) is 34.9 Å². The molecule has 174 valence electrons. The van der Waals surface area contributed by atoms with Crippen LogP contribution in [0, 0.1) is 0 Å². The number of aromatic carboxylic acids is 1. The molecule has 0 aliphatic heterocycles. The number of carboxylic acids is 1. The van der Waals surface area contributed by atoms with Gasteiger partial charge in [0.25, 0.3) is 0 Å². The van der Waals surface area contributed by atoms with Crippen LogP contribution in [0.2, 0.25) is 0 Å². The highest BCUT2D eigenvalue weighted by molar-refractivity contribution is 5.99. The molecule has 0 amide bonds. The van der Waals surface area contributed by atoms with Crippen LogP contribution in [0.1, 0.15) is 34.7 Å². The van der Waals surface area contributed by atoms with Crippen LogP contribution in [-0.2, 0) is 7.05 Å². The molecule has 0 radical (unpaired) electrons. The predicted molar refractivity (Wildman–Crippen MR) is 121 cm³/mol. The number of nitrogens with one attached hydrogen (secondary N) is 1. The lowest BCUT2D eigenvalue weighted by molar-refractivity contribution is -0.274.